The molecule has 0 saturated heterocycles. The van der Waals surface area contributed by atoms with Gasteiger partial charge in [-0.2, -0.15) is 0 Å². The largest absolute Gasteiger partial charge is 0.493 e. The van der Waals surface area contributed by atoms with E-state index < -0.39 is 0 Å². The van der Waals surface area contributed by atoms with Gasteiger partial charge in [0, 0.05) is 6.54 Å². The molecule has 4 heteroatoms. The molecule has 0 spiro atoms. The van der Waals surface area contributed by atoms with Gasteiger partial charge in [-0.05, 0) is 36.8 Å². The summed E-state index contributed by atoms with van der Waals surface area (Å²) in [6.45, 7) is 3.31. The average Bonchev–Trinajstić information content (AvgIpc) is 2.54. The molecule has 1 N–H and O–H groups in total. The van der Waals surface area contributed by atoms with Crippen LogP contribution in [0.3, 0.4) is 0 Å². The van der Waals surface area contributed by atoms with E-state index in [2.05, 4.69) is 5.32 Å². The quantitative estimate of drug-likeness (QED) is 0.842. The van der Waals surface area contributed by atoms with E-state index in [1.165, 1.54) is 0 Å². The summed E-state index contributed by atoms with van der Waals surface area (Å²) in [7, 11) is 3.27. The topological polar surface area (TPSA) is 39.7 Å². The minimum atomic E-state index is 0.648. The zero-order valence-corrected chi connectivity index (χ0v) is 12.7. The van der Waals surface area contributed by atoms with E-state index in [1.54, 1.807) is 14.2 Å². The standard InChI is InChI=1S/C17H21NO3/c1-4-21-15-8-6-5-7-14(15)18-12-13-9-10-16(19-2)17(11-13)20-3/h5-11,18H,4,12H2,1-3H3. The Hall–Kier alpha value is -2.36. The number of anilines is 1. The van der Waals surface area contributed by atoms with Gasteiger partial charge in [-0.1, -0.05) is 18.2 Å². The Morgan fingerprint density at radius 2 is 1.67 bits per heavy atom. The molecule has 2 aromatic carbocycles. The lowest BCUT2D eigenvalue weighted by Crippen LogP contribution is -2.03. The minimum Gasteiger partial charge on any atom is -0.493 e. The fourth-order valence-electron chi connectivity index (χ4n) is 2.08. The number of hydrogen-bond donors (Lipinski definition) is 1. The van der Waals surface area contributed by atoms with Crippen LogP contribution in [0.4, 0.5) is 5.69 Å². The monoisotopic (exact) mass is 287 g/mol. The summed E-state index contributed by atoms with van der Waals surface area (Å²) in [5.41, 5.74) is 2.09. The third-order valence-corrected chi connectivity index (χ3v) is 3.12. The van der Waals surface area contributed by atoms with Crippen molar-refractivity contribution >= 4 is 5.69 Å². The molecule has 0 fully saturated rings. The van der Waals surface area contributed by atoms with Crippen molar-refractivity contribution in [1.82, 2.24) is 0 Å². The number of para-hydroxylation sites is 2. The molecule has 0 aliphatic carbocycles. The van der Waals surface area contributed by atoms with E-state index in [0.29, 0.717) is 13.2 Å². The summed E-state index contributed by atoms with van der Waals surface area (Å²) in [5, 5.41) is 3.38. The summed E-state index contributed by atoms with van der Waals surface area (Å²) in [6.07, 6.45) is 0. The second-order valence-corrected chi connectivity index (χ2v) is 4.47. The SMILES string of the molecule is CCOc1ccccc1NCc1ccc(OC)c(OC)c1. The molecular formula is C17H21NO3. The number of nitrogens with one attached hydrogen (secondary N) is 1. The van der Waals surface area contributed by atoms with Crippen LogP contribution in [0.1, 0.15) is 12.5 Å². The fraction of sp³-hybridized carbons (Fsp3) is 0.294. The van der Waals surface area contributed by atoms with Gasteiger partial charge in [-0.3, -0.25) is 0 Å². The maximum Gasteiger partial charge on any atom is 0.161 e. The average molecular weight is 287 g/mol. The minimum absolute atomic E-state index is 0.648. The van der Waals surface area contributed by atoms with E-state index in [-0.39, 0.29) is 0 Å². The summed E-state index contributed by atoms with van der Waals surface area (Å²) >= 11 is 0. The molecular weight excluding hydrogens is 266 g/mol. The zero-order chi connectivity index (χ0) is 15.1. The van der Waals surface area contributed by atoms with Gasteiger partial charge < -0.3 is 19.5 Å². The molecule has 0 radical (unpaired) electrons. The Kier molecular flexibility index (Phi) is 5.32. The van der Waals surface area contributed by atoms with Gasteiger partial charge in [0.05, 0.1) is 26.5 Å². The van der Waals surface area contributed by atoms with Crippen molar-refractivity contribution in [2.75, 3.05) is 26.1 Å². The third kappa shape index (κ3) is 3.81. The molecule has 0 bridgehead atoms. The van der Waals surface area contributed by atoms with Crippen LogP contribution in [0.2, 0.25) is 0 Å². The van der Waals surface area contributed by atoms with E-state index >= 15 is 0 Å². The fourth-order valence-corrected chi connectivity index (χ4v) is 2.08. The smallest absolute Gasteiger partial charge is 0.161 e. The van der Waals surface area contributed by atoms with E-state index in [0.717, 1.165) is 28.5 Å². The molecule has 0 amide bonds. The second kappa shape index (κ2) is 7.43. The first kappa shape index (κ1) is 15.0. The highest BCUT2D eigenvalue weighted by Crippen LogP contribution is 2.29. The molecule has 0 heterocycles. The van der Waals surface area contributed by atoms with Crippen LogP contribution in [-0.4, -0.2) is 20.8 Å². The lowest BCUT2D eigenvalue weighted by molar-refractivity contribution is 0.341. The molecule has 0 aliphatic heterocycles. The zero-order valence-electron chi connectivity index (χ0n) is 12.7. The van der Waals surface area contributed by atoms with Gasteiger partial charge in [0.25, 0.3) is 0 Å². The van der Waals surface area contributed by atoms with Crippen molar-refractivity contribution in [3.8, 4) is 17.2 Å². The Morgan fingerprint density at radius 3 is 2.38 bits per heavy atom. The molecule has 21 heavy (non-hydrogen) atoms. The van der Waals surface area contributed by atoms with Crippen LogP contribution in [0.5, 0.6) is 17.2 Å². The first-order valence-corrected chi connectivity index (χ1v) is 6.95. The van der Waals surface area contributed by atoms with Gasteiger partial charge in [0.2, 0.25) is 0 Å². The van der Waals surface area contributed by atoms with Crippen LogP contribution >= 0.6 is 0 Å². The normalized spacial score (nSPS) is 10.0. The van der Waals surface area contributed by atoms with Gasteiger partial charge in [0.1, 0.15) is 5.75 Å². The first-order valence-electron chi connectivity index (χ1n) is 6.95. The lowest BCUT2D eigenvalue weighted by atomic mass is 10.2. The molecule has 112 valence electrons. The van der Waals surface area contributed by atoms with Crippen LogP contribution < -0.4 is 19.5 Å². The molecule has 0 atom stereocenters. The Balaban J connectivity index is 2.09. The van der Waals surface area contributed by atoms with E-state index in [1.807, 2.05) is 49.4 Å². The van der Waals surface area contributed by atoms with Crippen molar-refractivity contribution < 1.29 is 14.2 Å². The number of methoxy groups -OCH3 is 2. The van der Waals surface area contributed by atoms with Gasteiger partial charge in [-0.15, -0.1) is 0 Å². The van der Waals surface area contributed by atoms with Crippen LogP contribution in [-0.2, 0) is 6.54 Å². The van der Waals surface area contributed by atoms with Gasteiger partial charge in [-0.25, -0.2) is 0 Å². The Morgan fingerprint density at radius 1 is 0.905 bits per heavy atom. The Labute approximate surface area is 125 Å². The van der Waals surface area contributed by atoms with Crippen LogP contribution in [0, 0.1) is 0 Å². The number of hydrogen-bond acceptors (Lipinski definition) is 4. The van der Waals surface area contributed by atoms with Crippen molar-refractivity contribution in [1.29, 1.82) is 0 Å². The third-order valence-electron chi connectivity index (χ3n) is 3.12. The maximum absolute atomic E-state index is 5.60. The molecule has 2 aromatic rings. The number of ether oxygens (including phenoxy) is 3. The van der Waals surface area contributed by atoms with Crippen LogP contribution in [0.25, 0.3) is 0 Å². The van der Waals surface area contributed by atoms with Crippen molar-refractivity contribution in [3.05, 3.63) is 48.0 Å². The number of rotatable bonds is 7. The molecule has 2 rings (SSSR count). The van der Waals surface area contributed by atoms with Gasteiger partial charge >= 0.3 is 0 Å². The lowest BCUT2D eigenvalue weighted by Gasteiger charge is -2.13. The molecule has 0 unspecified atom stereocenters. The van der Waals surface area contributed by atoms with Crippen molar-refractivity contribution in [2.24, 2.45) is 0 Å². The van der Waals surface area contributed by atoms with E-state index in [4.69, 9.17) is 14.2 Å². The van der Waals surface area contributed by atoms with E-state index in [9.17, 15) is 0 Å². The summed E-state index contributed by atoms with van der Waals surface area (Å²) in [6, 6.07) is 13.8. The predicted molar refractivity (Wildman–Crippen MR) is 84.5 cm³/mol. The number of benzene rings is 2. The summed E-state index contributed by atoms with van der Waals surface area (Å²) in [5.74, 6) is 2.33. The van der Waals surface area contributed by atoms with Crippen molar-refractivity contribution in [2.45, 2.75) is 13.5 Å². The summed E-state index contributed by atoms with van der Waals surface area (Å²) in [4.78, 5) is 0. The van der Waals surface area contributed by atoms with Crippen molar-refractivity contribution in [3.63, 3.8) is 0 Å². The highest BCUT2D eigenvalue weighted by Gasteiger charge is 2.06. The molecule has 0 aliphatic rings. The highest BCUT2D eigenvalue weighted by molar-refractivity contribution is 5.56. The first-order chi connectivity index (χ1) is 10.3. The summed E-state index contributed by atoms with van der Waals surface area (Å²) < 4.78 is 16.2. The highest BCUT2D eigenvalue weighted by atomic mass is 16.5. The molecule has 0 saturated carbocycles. The molecule has 4 nitrogen and oxygen atoms in total. The predicted octanol–water partition coefficient (Wildman–Crippen LogP) is 3.71. The van der Waals surface area contributed by atoms with Crippen LogP contribution in [0.15, 0.2) is 42.5 Å². The molecule has 0 aromatic heterocycles. The second-order valence-electron chi connectivity index (χ2n) is 4.47. The maximum atomic E-state index is 5.60. The Bertz CT molecular complexity index is 584. The van der Waals surface area contributed by atoms with Gasteiger partial charge in [0.15, 0.2) is 11.5 Å².